The van der Waals surface area contributed by atoms with E-state index in [1.54, 1.807) is 13.8 Å². The van der Waals surface area contributed by atoms with E-state index >= 15 is 0 Å². The number of hydrogen-bond donors (Lipinski definition) is 0. The molecule has 2 unspecified atom stereocenters. The fourth-order valence-corrected chi connectivity index (χ4v) is 4.59. The molecule has 2 aliphatic rings. The number of ether oxygens (including phenoxy) is 1. The number of esters is 1. The third-order valence-electron chi connectivity index (χ3n) is 2.93. The maximum atomic E-state index is 12.4. The van der Waals surface area contributed by atoms with Gasteiger partial charge in [0.1, 0.15) is 0 Å². The molecule has 6 heteroatoms. The molecule has 0 aromatic rings. The third-order valence-corrected chi connectivity index (χ3v) is 5.83. The first-order valence-corrected chi connectivity index (χ1v) is 6.71. The summed E-state index contributed by atoms with van der Waals surface area (Å²) in [6, 6.07) is 0. The van der Waals surface area contributed by atoms with Crippen LogP contribution in [0.1, 0.15) is 20.3 Å². The second-order valence-corrected chi connectivity index (χ2v) is 6.07. The lowest BCUT2D eigenvalue weighted by Gasteiger charge is -2.22. The van der Waals surface area contributed by atoms with Crippen molar-refractivity contribution in [2.45, 2.75) is 25.4 Å². The molecule has 1 heterocycles. The van der Waals surface area contributed by atoms with Gasteiger partial charge in [-0.05, 0) is 20.3 Å². The molecule has 15 heavy (non-hydrogen) atoms. The van der Waals surface area contributed by atoms with E-state index in [0.29, 0.717) is 13.0 Å². The first-order valence-electron chi connectivity index (χ1n) is 5.17. The highest BCUT2D eigenvalue weighted by Gasteiger charge is 2.77. The first kappa shape index (κ1) is 11.1. The van der Waals surface area contributed by atoms with Crippen LogP contribution in [0, 0.1) is 5.92 Å². The maximum absolute atomic E-state index is 12.4. The van der Waals surface area contributed by atoms with Gasteiger partial charge in [0, 0.05) is 5.92 Å². The predicted octanol–water partition coefficient (Wildman–Crippen LogP) is 1.57. The van der Waals surface area contributed by atoms with Gasteiger partial charge in [0.25, 0.3) is 0 Å². The van der Waals surface area contributed by atoms with Crippen LogP contribution >= 0.6 is 7.60 Å². The molecular weight excluding hydrogens is 219 g/mol. The largest absolute Gasteiger partial charge is 0.464 e. The molecule has 2 rings (SSSR count). The summed E-state index contributed by atoms with van der Waals surface area (Å²) >= 11 is 0. The molecular formula is C9H15O5P. The Morgan fingerprint density at radius 1 is 1.47 bits per heavy atom. The van der Waals surface area contributed by atoms with E-state index in [-0.39, 0.29) is 19.1 Å². The number of fused-ring (bicyclic) bond motifs is 1. The molecule has 0 aromatic carbocycles. The van der Waals surface area contributed by atoms with E-state index in [9.17, 15) is 9.36 Å². The highest BCUT2D eigenvalue weighted by molar-refractivity contribution is 7.57. The zero-order valence-electron chi connectivity index (χ0n) is 8.89. The first-order chi connectivity index (χ1) is 7.10. The smallest absolute Gasteiger partial charge is 0.348 e. The zero-order valence-corrected chi connectivity index (χ0v) is 9.79. The molecule has 2 fully saturated rings. The predicted molar refractivity (Wildman–Crippen MR) is 52.7 cm³/mol. The number of cyclic esters (lactones) is 1. The van der Waals surface area contributed by atoms with Crippen LogP contribution in [0.25, 0.3) is 0 Å². The van der Waals surface area contributed by atoms with Crippen LogP contribution in [0.4, 0.5) is 0 Å². The van der Waals surface area contributed by atoms with E-state index in [1.807, 2.05) is 0 Å². The van der Waals surface area contributed by atoms with Crippen LogP contribution < -0.4 is 0 Å². The van der Waals surface area contributed by atoms with Crippen molar-refractivity contribution in [3.63, 3.8) is 0 Å². The van der Waals surface area contributed by atoms with Gasteiger partial charge in [-0.15, -0.1) is 0 Å². The molecule has 0 bridgehead atoms. The fourth-order valence-electron chi connectivity index (χ4n) is 2.12. The van der Waals surface area contributed by atoms with Crippen molar-refractivity contribution in [2.24, 2.45) is 5.92 Å². The van der Waals surface area contributed by atoms with Gasteiger partial charge < -0.3 is 13.8 Å². The van der Waals surface area contributed by atoms with Gasteiger partial charge in [0.2, 0.25) is 0 Å². The van der Waals surface area contributed by atoms with Crippen LogP contribution in [-0.4, -0.2) is 30.9 Å². The molecule has 86 valence electrons. The average molecular weight is 234 g/mol. The van der Waals surface area contributed by atoms with Gasteiger partial charge in [-0.3, -0.25) is 9.36 Å². The Balaban J connectivity index is 2.26. The molecule has 0 amide bonds. The van der Waals surface area contributed by atoms with Crippen LogP contribution in [0.5, 0.6) is 0 Å². The van der Waals surface area contributed by atoms with Crippen LogP contribution in [0.3, 0.4) is 0 Å². The second-order valence-electron chi connectivity index (χ2n) is 3.76. The molecule has 1 saturated heterocycles. The van der Waals surface area contributed by atoms with Gasteiger partial charge in [-0.1, -0.05) is 0 Å². The monoisotopic (exact) mass is 234 g/mol. The molecule has 0 radical (unpaired) electrons. The third kappa shape index (κ3) is 1.37. The summed E-state index contributed by atoms with van der Waals surface area (Å²) in [7, 11) is -3.34. The Labute approximate surface area is 88.6 Å². The van der Waals surface area contributed by atoms with E-state index < -0.39 is 18.7 Å². The Kier molecular flexibility index (Phi) is 2.65. The Bertz CT molecular complexity index is 318. The standard InChI is InChI=1S/C9H15O5P/c1-3-13-15(11,14-4-2)9-5-7(9)6-12-8(9)10/h7H,3-6H2,1-2H3. The van der Waals surface area contributed by atoms with Crippen molar-refractivity contribution in [1.29, 1.82) is 0 Å². The molecule has 0 aromatic heterocycles. The molecule has 0 N–H and O–H groups in total. The highest BCUT2D eigenvalue weighted by atomic mass is 31.2. The Morgan fingerprint density at radius 2 is 2.07 bits per heavy atom. The number of hydrogen-bond acceptors (Lipinski definition) is 5. The lowest BCUT2D eigenvalue weighted by molar-refractivity contribution is -0.140. The van der Waals surface area contributed by atoms with Crippen LogP contribution in [0.2, 0.25) is 0 Å². The van der Waals surface area contributed by atoms with E-state index in [1.165, 1.54) is 0 Å². The van der Waals surface area contributed by atoms with Crippen LogP contribution in [-0.2, 0) is 23.1 Å². The SMILES string of the molecule is CCOP(=O)(OCC)C12CC1COC2=O. The topological polar surface area (TPSA) is 61.8 Å². The number of carbonyl (C=O) groups is 1. The summed E-state index contributed by atoms with van der Waals surface area (Å²) < 4.78 is 27.7. The maximum Gasteiger partial charge on any atom is 0.348 e. The fraction of sp³-hybridized carbons (Fsp3) is 0.889. The lowest BCUT2D eigenvalue weighted by atomic mass is 10.4. The summed E-state index contributed by atoms with van der Waals surface area (Å²) in [5.41, 5.74) is 0. The van der Waals surface area contributed by atoms with E-state index in [0.717, 1.165) is 0 Å². The van der Waals surface area contributed by atoms with Gasteiger partial charge in [0.05, 0.1) is 19.8 Å². The summed E-state index contributed by atoms with van der Waals surface area (Å²) in [5, 5.41) is -0.973. The van der Waals surface area contributed by atoms with Crippen molar-refractivity contribution >= 4 is 13.6 Å². The van der Waals surface area contributed by atoms with E-state index in [2.05, 4.69) is 0 Å². The van der Waals surface area contributed by atoms with Crippen molar-refractivity contribution < 1.29 is 23.1 Å². The zero-order chi connectivity index (χ0) is 11.1. The number of rotatable bonds is 5. The van der Waals surface area contributed by atoms with Crippen molar-refractivity contribution in [3.05, 3.63) is 0 Å². The number of carbonyl (C=O) groups excluding carboxylic acids is 1. The normalized spacial score (nSPS) is 33.7. The van der Waals surface area contributed by atoms with Gasteiger partial charge >= 0.3 is 13.6 Å². The minimum atomic E-state index is -3.34. The minimum absolute atomic E-state index is 0.0222. The molecule has 5 nitrogen and oxygen atoms in total. The molecule has 1 aliphatic carbocycles. The summed E-state index contributed by atoms with van der Waals surface area (Å²) in [6.07, 6.45) is 0.573. The quantitative estimate of drug-likeness (QED) is 0.533. The summed E-state index contributed by atoms with van der Waals surface area (Å²) in [6.45, 7) is 4.38. The van der Waals surface area contributed by atoms with Gasteiger partial charge in [0.15, 0.2) is 5.16 Å². The van der Waals surface area contributed by atoms with Crippen molar-refractivity contribution in [1.82, 2.24) is 0 Å². The summed E-state index contributed by atoms with van der Waals surface area (Å²) in [4.78, 5) is 11.6. The summed E-state index contributed by atoms with van der Waals surface area (Å²) in [5.74, 6) is -0.397. The minimum Gasteiger partial charge on any atom is -0.464 e. The molecule has 2 atom stereocenters. The van der Waals surface area contributed by atoms with Gasteiger partial charge in [-0.25, -0.2) is 0 Å². The Morgan fingerprint density at radius 3 is 2.40 bits per heavy atom. The van der Waals surface area contributed by atoms with E-state index in [4.69, 9.17) is 13.8 Å². The average Bonchev–Trinajstić information content (AvgIpc) is 2.84. The Hall–Kier alpha value is -0.380. The van der Waals surface area contributed by atoms with Crippen LogP contribution in [0.15, 0.2) is 0 Å². The molecule has 1 saturated carbocycles. The second kappa shape index (κ2) is 3.58. The molecule has 1 aliphatic heterocycles. The van der Waals surface area contributed by atoms with Crippen molar-refractivity contribution in [3.8, 4) is 0 Å². The van der Waals surface area contributed by atoms with Crippen molar-refractivity contribution in [2.75, 3.05) is 19.8 Å². The lowest BCUT2D eigenvalue weighted by Crippen LogP contribution is -2.24. The highest BCUT2D eigenvalue weighted by Crippen LogP contribution is 2.76. The van der Waals surface area contributed by atoms with Gasteiger partial charge in [-0.2, -0.15) is 0 Å². The molecule has 0 spiro atoms.